The number of ether oxygens (including phenoxy) is 1. The van der Waals surface area contributed by atoms with Crippen LogP contribution >= 0.6 is 27.5 Å². The zero-order chi connectivity index (χ0) is 12.1. The molecule has 0 aromatic heterocycles. The molecular weight excluding hydrogens is 291 g/mol. The van der Waals surface area contributed by atoms with Crippen LogP contribution < -0.4 is 0 Å². The van der Waals surface area contributed by atoms with E-state index >= 15 is 0 Å². The summed E-state index contributed by atoms with van der Waals surface area (Å²) in [5.41, 5.74) is 3.08. The van der Waals surface area contributed by atoms with E-state index in [1.54, 1.807) is 6.92 Å². The lowest BCUT2D eigenvalue weighted by atomic mass is 10.0. The Labute approximate surface area is 109 Å². The van der Waals surface area contributed by atoms with Gasteiger partial charge >= 0.3 is 5.97 Å². The first-order valence-corrected chi connectivity index (χ1v) is 6.58. The summed E-state index contributed by atoms with van der Waals surface area (Å²) < 4.78 is 4.90. The van der Waals surface area contributed by atoms with E-state index in [9.17, 15) is 4.79 Å². The van der Waals surface area contributed by atoms with Crippen LogP contribution in [0.5, 0.6) is 0 Å². The van der Waals surface area contributed by atoms with Crippen LogP contribution in [0.2, 0.25) is 5.02 Å². The SMILES string of the molecule is CCOC(=O)Cc1cc(CBr)c(C)cc1Cl. The van der Waals surface area contributed by atoms with Gasteiger partial charge in [0.2, 0.25) is 0 Å². The highest BCUT2D eigenvalue weighted by atomic mass is 79.9. The van der Waals surface area contributed by atoms with E-state index in [2.05, 4.69) is 15.9 Å². The monoisotopic (exact) mass is 304 g/mol. The molecule has 0 atom stereocenters. The second kappa shape index (κ2) is 6.26. The summed E-state index contributed by atoms with van der Waals surface area (Å²) in [6, 6.07) is 3.83. The van der Waals surface area contributed by atoms with Gasteiger partial charge in [-0.3, -0.25) is 4.79 Å². The van der Waals surface area contributed by atoms with Gasteiger partial charge in [-0.05, 0) is 36.6 Å². The first-order chi connectivity index (χ1) is 7.58. The number of hydrogen-bond donors (Lipinski definition) is 0. The maximum absolute atomic E-state index is 11.4. The topological polar surface area (TPSA) is 26.3 Å². The maximum Gasteiger partial charge on any atom is 0.310 e. The van der Waals surface area contributed by atoms with Crippen molar-refractivity contribution in [2.24, 2.45) is 0 Å². The molecule has 4 heteroatoms. The number of halogens is 2. The normalized spacial score (nSPS) is 10.2. The minimum absolute atomic E-state index is 0.229. The first kappa shape index (κ1) is 13.5. The van der Waals surface area contributed by atoms with Crippen LogP contribution in [0.1, 0.15) is 23.6 Å². The van der Waals surface area contributed by atoms with Gasteiger partial charge in [-0.2, -0.15) is 0 Å². The van der Waals surface area contributed by atoms with E-state index in [4.69, 9.17) is 16.3 Å². The fourth-order valence-electron chi connectivity index (χ4n) is 1.42. The Morgan fingerprint density at radius 2 is 2.12 bits per heavy atom. The van der Waals surface area contributed by atoms with Crippen molar-refractivity contribution in [1.29, 1.82) is 0 Å². The Morgan fingerprint density at radius 1 is 1.44 bits per heavy atom. The molecule has 88 valence electrons. The van der Waals surface area contributed by atoms with Crippen LogP contribution in [0.15, 0.2) is 12.1 Å². The second-order valence-corrected chi connectivity index (χ2v) is 4.45. The van der Waals surface area contributed by atoms with Crippen molar-refractivity contribution in [2.75, 3.05) is 6.61 Å². The average Bonchev–Trinajstić information content (AvgIpc) is 2.22. The third-order valence-electron chi connectivity index (χ3n) is 2.29. The number of carbonyl (C=O) groups excluding carboxylic acids is 1. The average molecular weight is 306 g/mol. The third-order valence-corrected chi connectivity index (χ3v) is 3.25. The highest BCUT2D eigenvalue weighted by Crippen LogP contribution is 2.23. The molecule has 0 aliphatic carbocycles. The number of hydrogen-bond acceptors (Lipinski definition) is 2. The van der Waals surface area contributed by atoms with Gasteiger partial charge in [0.05, 0.1) is 13.0 Å². The lowest BCUT2D eigenvalue weighted by molar-refractivity contribution is -0.142. The van der Waals surface area contributed by atoms with Gasteiger partial charge in [0.25, 0.3) is 0 Å². The quantitative estimate of drug-likeness (QED) is 0.627. The lowest BCUT2D eigenvalue weighted by Gasteiger charge is -2.09. The minimum atomic E-state index is -0.242. The Hall–Kier alpha value is -0.540. The summed E-state index contributed by atoms with van der Waals surface area (Å²) in [5.74, 6) is -0.242. The van der Waals surface area contributed by atoms with E-state index in [-0.39, 0.29) is 12.4 Å². The molecule has 0 fully saturated rings. The van der Waals surface area contributed by atoms with Crippen molar-refractivity contribution in [1.82, 2.24) is 0 Å². The number of benzene rings is 1. The van der Waals surface area contributed by atoms with E-state index in [0.29, 0.717) is 11.6 Å². The molecule has 2 nitrogen and oxygen atoms in total. The van der Waals surface area contributed by atoms with Crippen molar-refractivity contribution in [3.05, 3.63) is 33.8 Å². The van der Waals surface area contributed by atoms with Gasteiger partial charge in [0.15, 0.2) is 0 Å². The molecule has 0 amide bonds. The molecule has 0 heterocycles. The minimum Gasteiger partial charge on any atom is -0.466 e. The van der Waals surface area contributed by atoms with Gasteiger partial charge in [-0.1, -0.05) is 33.6 Å². The molecule has 0 unspecified atom stereocenters. The molecular formula is C12H14BrClO2. The number of aryl methyl sites for hydroxylation is 1. The molecule has 0 bridgehead atoms. The molecule has 16 heavy (non-hydrogen) atoms. The Balaban J connectivity index is 2.91. The Morgan fingerprint density at radius 3 is 2.69 bits per heavy atom. The maximum atomic E-state index is 11.4. The highest BCUT2D eigenvalue weighted by molar-refractivity contribution is 9.08. The van der Waals surface area contributed by atoms with E-state index < -0.39 is 0 Å². The number of rotatable bonds is 4. The molecule has 0 saturated carbocycles. The predicted molar refractivity (Wildman–Crippen MR) is 69.2 cm³/mol. The summed E-state index contributed by atoms with van der Waals surface area (Å²) in [6.45, 7) is 4.18. The van der Waals surface area contributed by atoms with Crippen LogP contribution in [0, 0.1) is 6.92 Å². The summed E-state index contributed by atoms with van der Waals surface area (Å²) in [5, 5.41) is 1.38. The molecule has 1 aromatic rings. The van der Waals surface area contributed by atoms with Gasteiger partial charge in [0, 0.05) is 10.4 Å². The molecule has 0 N–H and O–H groups in total. The van der Waals surface area contributed by atoms with Crippen LogP contribution in [0.3, 0.4) is 0 Å². The summed E-state index contributed by atoms with van der Waals surface area (Å²) in [6.07, 6.45) is 0.229. The van der Waals surface area contributed by atoms with Crippen molar-refractivity contribution < 1.29 is 9.53 Å². The zero-order valence-corrected chi connectivity index (χ0v) is 11.7. The predicted octanol–water partition coefficient (Wildman–Crippen LogP) is 3.65. The third kappa shape index (κ3) is 3.49. The fourth-order valence-corrected chi connectivity index (χ4v) is 2.30. The number of esters is 1. The van der Waals surface area contributed by atoms with Crippen LogP contribution in [0.4, 0.5) is 0 Å². The summed E-state index contributed by atoms with van der Waals surface area (Å²) in [4.78, 5) is 11.4. The summed E-state index contributed by atoms with van der Waals surface area (Å²) >= 11 is 9.48. The second-order valence-electron chi connectivity index (χ2n) is 3.49. The molecule has 1 aromatic carbocycles. The van der Waals surface area contributed by atoms with E-state index in [0.717, 1.165) is 22.0 Å². The van der Waals surface area contributed by atoms with Crippen molar-refractivity contribution in [2.45, 2.75) is 25.6 Å². The summed E-state index contributed by atoms with van der Waals surface area (Å²) in [7, 11) is 0. The van der Waals surface area contributed by atoms with E-state index in [1.165, 1.54) is 0 Å². The zero-order valence-electron chi connectivity index (χ0n) is 9.35. The largest absolute Gasteiger partial charge is 0.466 e. The van der Waals surface area contributed by atoms with Crippen molar-refractivity contribution in [3.8, 4) is 0 Å². The molecule has 0 spiro atoms. The Bertz CT molecular complexity index is 391. The molecule has 0 aliphatic heterocycles. The van der Waals surface area contributed by atoms with Crippen LogP contribution in [-0.2, 0) is 21.3 Å². The van der Waals surface area contributed by atoms with Gasteiger partial charge in [-0.15, -0.1) is 0 Å². The number of alkyl halides is 1. The molecule has 0 radical (unpaired) electrons. The van der Waals surface area contributed by atoms with Crippen LogP contribution in [-0.4, -0.2) is 12.6 Å². The molecule has 0 saturated heterocycles. The standard InChI is InChI=1S/C12H14BrClO2/c1-3-16-12(15)6-9-5-10(7-13)8(2)4-11(9)14/h4-5H,3,6-7H2,1-2H3. The van der Waals surface area contributed by atoms with Crippen molar-refractivity contribution in [3.63, 3.8) is 0 Å². The van der Waals surface area contributed by atoms with Crippen molar-refractivity contribution >= 4 is 33.5 Å². The number of carbonyl (C=O) groups is 1. The Kier molecular flexibility index (Phi) is 5.29. The molecule has 1 rings (SSSR count). The first-order valence-electron chi connectivity index (χ1n) is 5.08. The smallest absolute Gasteiger partial charge is 0.310 e. The van der Waals surface area contributed by atoms with Gasteiger partial charge in [-0.25, -0.2) is 0 Å². The van der Waals surface area contributed by atoms with E-state index in [1.807, 2.05) is 19.1 Å². The molecule has 0 aliphatic rings. The van der Waals surface area contributed by atoms with Gasteiger partial charge in [0.1, 0.15) is 0 Å². The van der Waals surface area contributed by atoms with Gasteiger partial charge < -0.3 is 4.74 Å². The van der Waals surface area contributed by atoms with Crippen LogP contribution in [0.25, 0.3) is 0 Å². The highest BCUT2D eigenvalue weighted by Gasteiger charge is 2.10. The lowest BCUT2D eigenvalue weighted by Crippen LogP contribution is -2.08. The fraction of sp³-hybridized carbons (Fsp3) is 0.417.